The van der Waals surface area contributed by atoms with Gasteiger partial charge in [0, 0.05) is 25.2 Å². The first kappa shape index (κ1) is 14.3. The maximum Gasteiger partial charge on any atom is 0.199 e. The quantitative estimate of drug-likeness (QED) is 0.866. The second-order valence-electron chi connectivity index (χ2n) is 4.65. The largest absolute Gasteiger partial charge is 0.378 e. The zero-order valence-electron chi connectivity index (χ0n) is 11.5. The van der Waals surface area contributed by atoms with E-state index in [0.29, 0.717) is 4.90 Å². The molecule has 0 aromatic heterocycles. The Kier molecular flexibility index (Phi) is 4.25. The predicted octanol–water partition coefficient (Wildman–Crippen LogP) is 3.20. The average Bonchev–Trinajstić information content (AvgIpc) is 2.46. The summed E-state index contributed by atoms with van der Waals surface area (Å²) in [5.41, 5.74) is 1.89. The van der Waals surface area contributed by atoms with E-state index in [2.05, 4.69) is 0 Å². The summed E-state index contributed by atoms with van der Waals surface area (Å²) >= 11 is 0. The topological polar surface area (TPSA) is 37.4 Å². The molecule has 104 valence electrons. The van der Waals surface area contributed by atoms with Crippen LogP contribution in [-0.4, -0.2) is 22.5 Å². The van der Waals surface area contributed by atoms with Gasteiger partial charge in [-0.1, -0.05) is 30.3 Å². The van der Waals surface area contributed by atoms with Crippen molar-refractivity contribution in [1.29, 1.82) is 0 Å². The van der Waals surface area contributed by atoms with E-state index in [9.17, 15) is 8.42 Å². The molecule has 20 heavy (non-hydrogen) atoms. The number of sulfone groups is 1. The molecule has 0 spiro atoms. The van der Waals surface area contributed by atoms with Crippen LogP contribution in [0.5, 0.6) is 0 Å². The van der Waals surface area contributed by atoms with Crippen LogP contribution in [0, 0.1) is 0 Å². The van der Waals surface area contributed by atoms with Crippen LogP contribution in [0.2, 0.25) is 0 Å². The molecule has 0 N–H and O–H groups in total. The van der Waals surface area contributed by atoms with Crippen molar-refractivity contribution >= 4 is 21.6 Å². The van der Waals surface area contributed by atoms with E-state index in [-0.39, 0.29) is 0 Å². The molecular weight excluding hydrogens is 270 g/mol. The molecule has 0 radical (unpaired) electrons. The summed E-state index contributed by atoms with van der Waals surface area (Å²) in [6.45, 7) is 0. The van der Waals surface area contributed by atoms with Crippen molar-refractivity contribution in [2.24, 2.45) is 0 Å². The first-order valence-corrected chi connectivity index (χ1v) is 7.79. The van der Waals surface area contributed by atoms with Crippen molar-refractivity contribution in [2.75, 3.05) is 19.0 Å². The molecule has 0 aliphatic rings. The van der Waals surface area contributed by atoms with E-state index in [1.807, 2.05) is 43.3 Å². The van der Waals surface area contributed by atoms with Gasteiger partial charge in [0.05, 0.1) is 4.90 Å². The minimum Gasteiger partial charge on any atom is -0.378 e. The molecule has 2 rings (SSSR count). The molecule has 0 unspecified atom stereocenters. The van der Waals surface area contributed by atoms with Crippen molar-refractivity contribution in [3.8, 4) is 0 Å². The monoisotopic (exact) mass is 287 g/mol. The molecule has 0 aliphatic carbocycles. The fraction of sp³-hybridized carbons (Fsp3) is 0.125. The second-order valence-corrected chi connectivity index (χ2v) is 6.48. The lowest BCUT2D eigenvalue weighted by atomic mass is 10.2. The highest BCUT2D eigenvalue weighted by molar-refractivity contribution is 7.94. The van der Waals surface area contributed by atoms with Gasteiger partial charge < -0.3 is 4.90 Å². The molecule has 0 atom stereocenters. The average molecular weight is 287 g/mol. The van der Waals surface area contributed by atoms with E-state index in [0.717, 1.165) is 11.3 Å². The third-order valence-corrected chi connectivity index (χ3v) is 4.32. The van der Waals surface area contributed by atoms with Gasteiger partial charge in [0.25, 0.3) is 0 Å². The van der Waals surface area contributed by atoms with Gasteiger partial charge in [-0.25, -0.2) is 8.42 Å². The lowest BCUT2D eigenvalue weighted by molar-refractivity contribution is 0.605. The summed E-state index contributed by atoms with van der Waals surface area (Å²) in [5.74, 6) is 0. The molecule has 0 saturated carbocycles. The minimum atomic E-state index is -3.39. The van der Waals surface area contributed by atoms with Gasteiger partial charge in [-0.05, 0) is 35.9 Å². The van der Waals surface area contributed by atoms with E-state index in [1.165, 1.54) is 5.41 Å². The number of hydrogen-bond acceptors (Lipinski definition) is 3. The smallest absolute Gasteiger partial charge is 0.199 e. The number of anilines is 1. The Balaban J connectivity index is 2.28. The molecule has 2 aromatic carbocycles. The number of nitrogens with zero attached hydrogens (tertiary/aromatic N) is 1. The molecular formula is C16H17NO2S. The Morgan fingerprint density at radius 3 is 2.30 bits per heavy atom. The normalized spacial score (nSPS) is 11.7. The van der Waals surface area contributed by atoms with Gasteiger partial charge in [0.15, 0.2) is 9.84 Å². The van der Waals surface area contributed by atoms with Crippen molar-refractivity contribution in [3.05, 3.63) is 65.6 Å². The lowest BCUT2D eigenvalue weighted by Crippen LogP contribution is -2.08. The SMILES string of the molecule is CN(C)c1cccc(/C=C/S(=O)(=O)c2ccccc2)c1. The molecule has 0 bridgehead atoms. The number of rotatable bonds is 4. The van der Waals surface area contributed by atoms with Gasteiger partial charge >= 0.3 is 0 Å². The Hall–Kier alpha value is -2.07. The van der Waals surface area contributed by atoms with Crippen LogP contribution in [0.15, 0.2) is 64.9 Å². The molecule has 3 nitrogen and oxygen atoms in total. The molecule has 2 aromatic rings. The van der Waals surface area contributed by atoms with Gasteiger partial charge in [-0.2, -0.15) is 0 Å². The van der Waals surface area contributed by atoms with E-state index in [4.69, 9.17) is 0 Å². The van der Waals surface area contributed by atoms with Crippen molar-refractivity contribution in [2.45, 2.75) is 4.90 Å². The van der Waals surface area contributed by atoms with Crippen molar-refractivity contribution in [1.82, 2.24) is 0 Å². The molecule has 4 heteroatoms. The molecule has 0 aliphatic heterocycles. The molecule has 0 fully saturated rings. The molecule has 0 saturated heterocycles. The maximum atomic E-state index is 12.1. The fourth-order valence-corrected chi connectivity index (χ4v) is 2.79. The van der Waals surface area contributed by atoms with Gasteiger partial charge in [-0.15, -0.1) is 0 Å². The Morgan fingerprint density at radius 1 is 0.950 bits per heavy atom. The van der Waals surface area contributed by atoms with Crippen LogP contribution in [0.3, 0.4) is 0 Å². The van der Waals surface area contributed by atoms with Crippen LogP contribution in [0.4, 0.5) is 5.69 Å². The summed E-state index contributed by atoms with van der Waals surface area (Å²) in [7, 11) is 0.510. The summed E-state index contributed by atoms with van der Waals surface area (Å²) in [4.78, 5) is 2.28. The van der Waals surface area contributed by atoms with Crippen molar-refractivity contribution in [3.63, 3.8) is 0 Å². The van der Waals surface area contributed by atoms with Crippen LogP contribution >= 0.6 is 0 Å². The van der Waals surface area contributed by atoms with Gasteiger partial charge in [0.2, 0.25) is 0 Å². The van der Waals surface area contributed by atoms with Crippen molar-refractivity contribution < 1.29 is 8.42 Å². The lowest BCUT2D eigenvalue weighted by Gasteiger charge is -2.12. The summed E-state index contributed by atoms with van der Waals surface area (Å²) < 4.78 is 24.3. The Labute approximate surface area is 120 Å². The summed E-state index contributed by atoms with van der Waals surface area (Å²) in [6.07, 6.45) is 1.62. The minimum absolute atomic E-state index is 0.306. The standard InChI is InChI=1S/C16H17NO2S/c1-17(2)15-8-6-7-14(13-15)11-12-20(18,19)16-9-4-3-5-10-16/h3-13H,1-2H3/b12-11+. The Morgan fingerprint density at radius 2 is 1.65 bits per heavy atom. The highest BCUT2D eigenvalue weighted by Gasteiger charge is 2.08. The summed E-state index contributed by atoms with van der Waals surface area (Å²) in [6, 6.07) is 16.1. The van der Waals surface area contributed by atoms with Gasteiger partial charge in [-0.3, -0.25) is 0 Å². The highest BCUT2D eigenvalue weighted by Crippen LogP contribution is 2.17. The van der Waals surface area contributed by atoms with E-state index in [1.54, 1.807) is 36.4 Å². The van der Waals surface area contributed by atoms with Crippen LogP contribution < -0.4 is 4.90 Å². The Bertz CT molecular complexity index is 704. The van der Waals surface area contributed by atoms with E-state index < -0.39 is 9.84 Å². The zero-order valence-corrected chi connectivity index (χ0v) is 12.3. The maximum absolute atomic E-state index is 12.1. The predicted molar refractivity (Wildman–Crippen MR) is 83.4 cm³/mol. The van der Waals surface area contributed by atoms with Gasteiger partial charge in [0.1, 0.15) is 0 Å². The van der Waals surface area contributed by atoms with Crippen LogP contribution in [-0.2, 0) is 9.84 Å². The number of benzene rings is 2. The highest BCUT2D eigenvalue weighted by atomic mass is 32.2. The fourth-order valence-electron chi connectivity index (χ4n) is 1.76. The number of hydrogen-bond donors (Lipinski definition) is 0. The molecule has 0 amide bonds. The first-order chi connectivity index (χ1) is 9.49. The molecule has 0 heterocycles. The summed E-state index contributed by atoms with van der Waals surface area (Å²) in [5, 5.41) is 1.25. The first-order valence-electron chi connectivity index (χ1n) is 6.25. The van der Waals surface area contributed by atoms with Crippen LogP contribution in [0.1, 0.15) is 5.56 Å². The zero-order chi connectivity index (χ0) is 14.6. The third kappa shape index (κ3) is 3.48. The van der Waals surface area contributed by atoms with Crippen LogP contribution in [0.25, 0.3) is 6.08 Å². The second kappa shape index (κ2) is 5.92. The van der Waals surface area contributed by atoms with E-state index >= 15 is 0 Å². The third-order valence-electron chi connectivity index (χ3n) is 2.90.